The summed E-state index contributed by atoms with van der Waals surface area (Å²) in [6, 6.07) is 3.82. The Bertz CT molecular complexity index is 728. The van der Waals surface area contributed by atoms with Crippen LogP contribution in [0.25, 0.3) is 0 Å². The number of aromatic nitrogens is 3. The summed E-state index contributed by atoms with van der Waals surface area (Å²) < 4.78 is 12.6. The number of hydrogen-bond donors (Lipinski definition) is 1. The topological polar surface area (TPSA) is 85.4 Å². The second kappa shape index (κ2) is 10.5. The Morgan fingerprint density at radius 3 is 2.89 bits per heavy atom. The summed E-state index contributed by atoms with van der Waals surface area (Å²) in [6.45, 7) is 5.65. The minimum atomic E-state index is -0.267. The molecule has 1 aliphatic rings. The number of piperidine rings is 1. The molecule has 9 heteroatoms. The van der Waals surface area contributed by atoms with Crippen molar-refractivity contribution in [2.45, 2.75) is 49.6 Å². The van der Waals surface area contributed by atoms with Crippen molar-refractivity contribution in [3.05, 3.63) is 24.2 Å². The number of nitrogens with zero attached hydrogens (tertiary/aromatic N) is 4. The van der Waals surface area contributed by atoms with E-state index in [0.717, 1.165) is 49.2 Å². The third kappa shape index (κ3) is 5.51. The van der Waals surface area contributed by atoms with Gasteiger partial charge in [0.15, 0.2) is 5.16 Å². The maximum absolute atomic E-state index is 12.4. The molecule has 1 N–H and O–H groups in total. The minimum absolute atomic E-state index is 0.00632. The molecule has 1 fully saturated rings. The van der Waals surface area contributed by atoms with E-state index in [1.165, 1.54) is 18.2 Å². The maximum atomic E-state index is 12.4. The Balaban J connectivity index is 1.70. The zero-order chi connectivity index (χ0) is 19.8. The summed E-state index contributed by atoms with van der Waals surface area (Å²) in [7, 11) is 1.66. The average Bonchev–Trinajstić information content (AvgIpc) is 3.37. The number of nitrogens with one attached hydrogen (secondary N) is 1. The predicted molar refractivity (Wildman–Crippen MR) is 109 cm³/mol. The highest BCUT2D eigenvalue weighted by Crippen LogP contribution is 2.28. The fraction of sp³-hybridized carbons (Fsp3) is 0.632. The first-order chi connectivity index (χ1) is 13.7. The molecule has 2 aromatic heterocycles. The van der Waals surface area contributed by atoms with Crippen molar-refractivity contribution in [2.24, 2.45) is 0 Å². The SMILES string of the molecule is COCCCNC(=O)C(C)Sc1nnc(N2CCCCC2)n1Cc1ccco1. The third-order valence-electron chi connectivity index (χ3n) is 4.71. The molecule has 8 nitrogen and oxygen atoms in total. The van der Waals surface area contributed by atoms with Crippen molar-refractivity contribution in [3.63, 3.8) is 0 Å². The van der Waals surface area contributed by atoms with Crippen LogP contribution in [0.1, 0.15) is 38.4 Å². The molecule has 0 aromatic carbocycles. The van der Waals surface area contributed by atoms with Crippen molar-refractivity contribution in [3.8, 4) is 0 Å². The lowest BCUT2D eigenvalue weighted by molar-refractivity contribution is -0.120. The second-order valence-electron chi connectivity index (χ2n) is 6.89. The van der Waals surface area contributed by atoms with Crippen molar-refractivity contribution in [1.82, 2.24) is 20.1 Å². The van der Waals surface area contributed by atoms with Crippen LogP contribution in [-0.4, -0.2) is 59.3 Å². The van der Waals surface area contributed by atoms with Crippen LogP contribution in [0.2, 0.25) is 0 Å². The van der Waals surface area contributed by atoms with E-state index in [2.05, 4.69) is 25.0 Å². The van der Waals surface area contributed by atoms with Gasteiger partial charge in [0, 0.05) is 33.4 Å². The number of furan rings is 1. The molecule has 0 radical (unpaired) electrons. The van der Waals surface area contributed by atoms with Gasteiger partial charge in [0.1, 0.15) is 5.76 Å². The van der Waals surface area contributed by atoms with Crippen LogP contribution in [0.3, 0.4) is 0 Å². The smallest absolute Gasteiger partial charge is 0.233 e. The molecule has 0 saturated carbocycles. The first-order valence-corrected chi connectivity index (χ1v) is 10.7. The van der Waals surface area contributed by atoms with E-state index in [1.807, 2.05) is 19.1 Å². The zero-order valence-electron chi connectivity index (χ0n) is 16.6. The summed E-state index contributed by atoms with van der Waals surface area (Å²) in [5.74, 6) is 1.69. The van der Waals surface area contributed by atoms with Gasteiger partial charge < -0.3 is 19.4 Å². The standard InChI is InChI=1S/C19H29N5O3S/c1-15(17(25)20-9-7-12-26-2)28-19-22-21-18(23-10-4-3-5-11-23)24(19)14-16-8-6-13-27-16/h6,8,13,15H,3-5,7,9-12,14H2,1-2H3,(H,20,25). The van der Waals surface area contributed by atoms with E-state index in [0.29, 0.717) is 19.7 Å². The lowest BCUT2D eigenvalue weighted by Crippen LogP contribution is -2.33. The molecule has 154 valence electrons. The van der Waals surface area contributed by atoms with Crippen molar-refractivity contribution in [2.75, 3.05) is 38.3 Å². The molecule has 3 heterocycles. The molecule has 1 amide bonds. The molecule has 0 bridgehead atoms. The van der Waals surface area contributed by atoms with Gasteiger partial charge in [-0.05, 0) is 44.7 Å². The zero-order valence-corrected chi connectivity index (χ0v) is 17.4. The number of anilines is 1. The number of amides is 1. The van der Waals surface area contributed by atoms with Crippen LogP contribution in [0.4, 0.5) is 5.95 Å². The molecule has 28 heavy (non-hydrogen) atoms. The van der Waals surface area contributed by atoms with Gasteiger partial charge >= 0.3 is 0 Å². The van der Waals surface area contributed by atoms with Gasteiger partial charge in [-0.15, -0.1) is 10.2 Å². The van der Waals surface area contributed by atoms with Crippen molar-refractivity contribution in [1.29, 1.82) is 0 Å². The Hall–Kier alpha value is -2.00. The molecule has 1 aliphatic heterocycles. The number of carbonyl (C=O) groups is 1. The van der Waals surface area contributed by atoms with Crippen LogP contribution in [-0.2, 0) is 16.1 Å². The van der Waals surface area contributed by atoms with Gasteiger partial charge in [-0.25, -0.2) is 0 Å². The molecule has 0 spiro atoms. The molecule has 1 unspecified atom stereocenters. The second-order valence-corrected chi connectivity index (χ2v) is 8.20. The number of thioether (sulfide) groups is 1. The first-order valence-electron chi connectivity index (χ1n) is 9.83. The van der Waals surface area contributed by atoms with Crippen LogP contribution in [0.15, 0.2) is 28.0 Å². The number of hydrogen-bond acceptors (Lipinski definition) is 7. The largest absolute Gasteiger partial charge is 0.467 e. The van der Waals surface area contributed by atoms with Gasteiger partial charge in [-0.1, -0.05) is 11.8 Å². The van der Waals surface area contributed by atoms with Gasteiger partial charge in [-0.3, -0.25) is 9.36 Å². The summed E-state index contributed by atoms with van der Waals surface area (Å²) in [5, 5.41) is 12.3. The van der Waals surface area contributed by atoms with Crippen molar-refractivity contribution < 1.29 is 13.9 Å². The Kier molecular flexibility index (Phi) is 7.79. The van der Waals surface area contributed by atoms with Crippen molar-refractivity contribution >= 4 is 23.6 Å². The number of ether oxygens (including phenoxy) is 1. The lowest BCUT2D eigenvalue weighted by atomic mass is 10.1. The van der Waals surface area contributed by atoms with Gasteiger partial charge in [0.05, 0.1) is 18.1 Å². The van der Waals surface area contributed by atoms with Gasteiger partial charge in [-0.2, -0.15) is 0 Å². The van der Waals surface area contributed by atoms with E-state index in [4.69, 9.17) is 9.15 Å². The quantitative estimate of drug-likeness (QED) is 0.478. The summed E-state index contributed by atoms with van der Waals surface area (Å²) in [5.41, 5.74) is 0. The van der Waals surface area contributed by atoms with Crippen LogP contribution in [0.5, 0.6) is 0 Å². The Morgan fingerprint density at radius 1 is 1.36 bits per heavy atom. The van der Waals surface area contributed by atoms with E-state index >= 15 is 0 Å². The minimum Gasteiger partial charge on any atom is -0.467 e. The Labute approximate surface area is 170 Å². The number of carbonyl (C=O) groups excluding carboxylic acids is 1. The fourth-order valence-corrected chi connectivity index (χ4v) is 4.04. The van der Waals surface area contributed by atoms with Gasteiger partial charge in [0.2, 0.25) is 11.9 Å². The normalized spacial score (nSPS) is 15.6. The van der Waals surface area contributed by atoms with E-state index in [-0.39, 0.29) is 11.2 Å². The molecule has 2 aromatic rings. The Morgan fingerprint density at radius 2 is 2.18 bits per heavy atom. The number of methoxy groups -OCH3 is 1. The predicted octanol–water partition coefficient (Wildman–Crippen LogP) is 2.54. The summed E-state index contributed by atoms with van der Waals surface area (Å²) >= 11 is 1.43. The summed E-state index contributed by atoms with van der Waals surface area (Å²) in [4.78, 5) is 14.7. The van der Waals surface area contributed by atoms with E-state index < -0.39 is 0 Å². The molecule has 1 atom stereocenters. The lowest BCUT2D eigenvalue weighted by Gasteiger charge is -2.27. The summed E-state index contributed by atoms with van der Waals surface area (Å²) in [6.07, 6.45) is 6.05. The highest BCUT2D eigenvalue weighted by Gasteiger charge is 2.24. The fourth-order valence-electron chi connectivity index (χ4n) is 3.18. The average molecular weight is 408 g/mol. The van der Waals surface area contributed by atoms with E-state index in [9.17, 15) is 4.79 Å². The number of rotatable bonds is 10. The van der Waals surface area contributed by atoms with E-state index in [1.54, 1.807) is 13.4 Å². The monoisotopic (exact) mass is 407 g/mol. The molecular formula is C19H29N5O3S. The molecule has 0 aliphatic carbocycles. The molecule has 1 saturated heterocycles. The molecular weight excluding hydrogens is 378 g/mol. The first kappa shape index (κ1) is 20.7. The highest BCUT2D eigenvalue weighted by molar-refractivity contribution is 8.00. The maximum Gasteiger partial charge on any atom is 0.233 e. The van der Waals surface area contributed by atoms with Crippen LogP contribution in [0, 0.1) is 0 Å². The molecule has 3 rings (SSSR count). The van der Waals surface area contributed by atoms with Crippen LogP contribution < -0.4 is 10.2 Å². The van der Waals surface area contributed by atoms with Gasteiger partial charge in [0.25, 0.3) is 0 Å². The van der Waals surface area contributed by atoms with Crippen LogP contribution >= 0.6 is 11.8 Å². The highest BCUT2D eigenvalue weighted by atomic mass is 32.2. The third-order valence-corrected chi connectivity index (χ3v) is 5.79.